The van der Waals surface area contributed by atoms with Gasteiger partial charge in [0.1, 0.15) is 5.69 Å². The number of carboxylic acid groups (broad SMARTS) is 1. The molecule has 3 aromatic rings. The summed E-state index contributed by atoms with van der Waals surface area (Å²) in [6, 6.07) is 8.91. The number of hydrogen-bond acceptors (Lipinski definition) is 6. The fourth-order valence-electron chi connectivity index (χ4n) is 3.40. The predicted molar refractivity (Wildman–Crippen MR) is 130 cm³/mol. The minimum Gasteiger partial charge on any atom is -0.449 e. The van der Waals surface area contributed by atoms with Gasteiger partial charge in [0.25, 0.3) is 0 Å². The Balaban J connectivity index is 1.75. The van der Waals surface area contributed by atoms with Crippen LogP contribution in [-0.4, -0.2) is 19.7 Å². The van der Waals surface area contributed by atoms with E-state index in [1.807, 2.05) is 6.07 Å². The van der Waals surface area contributed by atoms with Crippen LogP contribution in [0.2, 0.25) is 10.0 Å². The maximum Gasteiger partial charge on any atom is 0.512 e. The van der Waals surface area contributed by atoms with E-state index in [0.717, 1.165) is 37.8 Å². The summed E-state index contributed by atoms with van der Waals surface area (Å²) in [6.07, 6.45) is -1.52. The zero-order valence-corrected chi connectivity index (χ0v) is 20.8. The normalized spacial score (nSPS) is 12.8. The van der Waals surface area contributed by atoms with Crippen molar-refractivity contribution < 1.29 is 23.1 Å². The molecule has 0 aliphatic carbocycles. The summed E-state index contributed by atoms with van der Waals surface area (Å²) in [5.41, 5.74) is 3.76. The van der Waals surface area contributed by atoms with E-state index in [9.17, 15) is 18.3 Å². The summed E-state index contributed by atoms with van der Waals surface area (Å²) in [6.45, 7) is 3.60. The van der Waals surface area contributed by atoms with Gasteiger partial charge in [-0.25, -0.2) is 13.2 Å². The molecule has 0 saturated heterocycles. The molecule has 0 fully saturated rings. The third kappa shape index (κ3) is 4.72. The molecule has 2 N–H and O–H groups in total. The molecular formula is C21H17Cl2NO5S3. The Morgan fingerprint density at radius 1 is 1.19 bits per heavy atom. The number of anilines is 1. The Hall–Kier alpha value is -1.91. The number of sulfonamides is 1. The molecule has 0 saturated carbocycles. The van der Waals surface area contributed by atoms with Gasteiger partial charge in [0.05, 0.1) is 5.75 Å². The molecule has 32 heavy (non-hydrogen) atoms. The lowest BCUT2D eigenvalue weighted by molar-refractivity contribution is 0.146. The predicted octanol–water partition coefficient (Wildman–Crippen LogP) is 6.94. The largest absolute Gasteiger partial charge is 0.512 e. The third-order valence-electron chi connectivity index (χ3n) is 4.93. The number of nitrogens with one attached hydrogen (secondary N) is 1. The molecule has 4 rings (SSSR count). The second kappa shape index (κ2) is 8.79. The number of aryl methyl sites for hydroxylation is 2. The average Bonchev–Trinajstić information content (AvgIpc) is 3.02. The van der Waals surface area contributed by atoms with E-state index in [0.29, 0.717) is 26.9 Å². The summed E-state index contributed by atoms with van der Waals surface area (Å²) in [5, 5.41) is 10.3. The monoisotopic (exact) mass is 529 g/mol. The zero-order chi connectivity index (χ0) is 23.2. The lowest BCUT2D eigenvalue weighted by Crippen LogP contribution is -2.17. The highest BCUT2D eigenvalue weighted by Gasteiger charge is 2.30. The van der Waals surface area contributed by atoms with Gasteiger partial charge in [0.2, 0.25) is 15.1 Å². The number of hydrogen-bond donors (Lipinski definition) is 2. The molecular weight excluding hydrogens is 513 g/mol. The number of benzene rings is 2. The van der Waals surface area contributed by atoms with Crippen molar-refractivity contribution in [1.82, 2.24) is 0 Å². The van der Waals surface area contributed by atoms with Crippen molar-refractivity contribution in [3.8, 4) is 15.5 Å². The standard InChI is InChI=1S/C21H17Cl2NO5S3/c1-10-6-16(23)11(2)5-12(10)9-32(27,28)24-18-15-8-30-17-4-3-13(22)7-14(17)19(15)31-20(18)29-21(25)26/h3-7,24H,8-9H2,1-2H3,(H,25,26). The van der Waals surface area contributed by atoms with Gasteiger partial charge in [-0.15, -0.1) is 11.8 Å². The van der Waals surface area contributed by atoms with Crippen molar-refractivity contribution in [3.05, 3.63) is 62.6 Å². The lowest BCUT2D eigenvalue weighted by Gasteiger charge is -2.18. The Bertz CT molecular complexity index is 1350. The molecule has 0 unspecified atom stereocenters. The van der Waals surface area contributed by atoms with Gasteiger partial charge in [-0.3, -0.25) is 4.72 Å². The van der Waals surface area contributed by atoms with Crippen molar-refractivity contribution in [2.75, 3.05) is 4.72 Å². The van der Waals surface area contributed by atoms with E-state index in [-0.39, 0.29) is 16.5 Å². The fourth-order valence-corrected chi connectivity index (χ4v) is 7.55. The van der Waals surface area contributed by atoms with E-state index in [1.54, 1.807) is 38.1 Å². The first-order chi connectivity index (χ1) is 15.0. The maximum absolute atomic E-state index is 13.1. The highest BCUT2D eigenvalue weighted by atomic mass is 35.5. The van der Waals surface area contributed by atoms with E-state index in [1.165, 1.54) is 11.8 Å². The summed E-state index contributed by atoms with van der Waals surface area (Å²) < 4.78 is 33.7. The molecule has 0 spiro atoms. The SMILES string of the molecule is Cc1cc(CS(=O)(=O)Nc2c(OC(=O)O)sc3c2CSc2ccc(Cl)cc2-3)c(C)cc1Cl. The van der Waals surface area contributed by atoms with Crippen LogP contribution in [0, 0.1) is 13.8 Å². The van der Waals surface area contributed by atoms with Gasteiger partial charge < -0.3 is 9.84 Å². The van der Waals surface area contributed by atoms with Gasteiger partial charge in [-0.05, 0) is 54.8 Å². The minimum absolute atomic E-state index is 0.0245. The van der Waals surface area contributed by atoms with Crippen LogP contribution in [-0.2, 0) is 21.5 Å². The number of ether oxygens (including phenoxy) is 1. The van der Waals surface area contributed by atoms with Crippen LogP contribution in [0.25, 0.3) is 10.4 Å². The van der Waals surface area contributed by atoms with E-state index in [4.69, 9.17) is 27.9 Å². The Kier molecular flexibility index (Phi) is 6.39. The van der Waals surface area contributed by atoms with Crippen LogP contribution in [0.15, 0.2) is 35.2 Å². The summed E-state index contributed by atoms with van der Waals surface area (Å²) in [5.74, 6) is 0.171. The van der Waals surface area contributed by atoms with Gasteiger partial charge >= 0.3 is 6.16 Å². The summed E-state index contributed by atoms with van der Waals surface area (Å²) >= 11 is 14.9. The van der Waals surface area contributed by atoms with Crippen molar-refractivity contribution in [2.45, 2.75) is 30.2 Å². The molecule has 6 nitrogen and oxygen atoms in total. The van der Waals surface area contributed by atoms with Crippen LogP contribution in [0.4, 0.5) is 10.5 Å². The van der Waals surface area contributed by atoms with Crippen LogP contribution < -0.4 is 9.46 Å². The number of halogens is 2. The average molecular weight is 530 g/mol. The number of thiophene rings is 1. The van der Waals surface area contributed by atoms with E-state index in [2.05, 4.69) is 4.72 Å². The third-order valence-corrected chi connectivity index (χ3v) is 9.03. The minimum atomic E-state index is -3.88. The van der Waals surface area contributed by atoms with Gasteiger partial charge in [0.15, 0.2) is 0 Å². The summed E-state index contributed by atoms with van der Waals surface area (Å²) in [4.78, 5) is 13.0. The molecule has 168 valence electrons. The summed E-state index contributed by atoms with van der Waals surface area (Å²) in [7, 11) is -3.88. The van der Waals surface area contributed by atoms with Crippen LogP contribution in [0.3, 0.4) is 0 Å². The zero-order valence-electron chi connectivity index (χ0n) is 16.9. The molecule has 0 atom stereocenters. The van der Waals surface area contributed by atoms with Gasteiger partial charge in [-0.2, -0.15) is 0 Å². The number of thioether (sulfide) groups is 1. The molecule has 2 aromatic carbocycles. The van der Waals surface area contributed by atoms with Crippen LogP contribution >= 0.6 is 46.3 Å². The Labute approximate surface area is 203 Å². The molecule has 0 amide bonds. The Morgan fingerprint density at radius 3 is 2.66 bits per heavy atom. The first kappa shape index (κ1) is 23.3. The highest BCUT2D eigenvalue weighted by Crippen LogP contribution is 2.53. The maximum atomic E-state index is 13.1. The van der Waals surface area contributed by atoms with Crippen molar-refractivity contribution in [2.24, 2.45) is 0 Å². The molecule has 0 bridgehead atoms. The van der Waals surface area contributed by atoms with Crippen molar-refractivity contribution >= 4 is 68.2 Å². The number of fused-ring (bicyclic) bond motifs is 3. The molecule has 1 aliphatic rings. The quantitative estimate of drug-likeness (QED) is 0.347. The van der Waals surface area contributed by atoms with Crippen LogP contribution in [0.1, 0.15) is 22.3 Å². The molecule has 0 radical (unpaired) electrons. The van der Waals surface area contributed by atoms with Gasteiger partial charge in [-0.1, -0.05) is 40.6 Å². The van der Waals surface area contributed by atoms with Crippen molar-refractivity contribution in [1.29, 1.82) is 0 Å². The molecule has 1 aromatic heterocycles. The first-order valence-electron chi connectivity index (χ1n) is 9.29. The van der Waals surface area contributed by atoms with Crippen molar-refractivity contribution in [3.63, 3.8) is 0 Å². The fraction of sp³-hybridized carbons (Fsp3) is 0.190. The van der Waals surface area contributed by atoms with E-state index >= 15 is 0 Å². The lowest BCUT2D eigenvalue weighted by atomic mass is 10.1. The first-order valence-corrected chi connectivity index (χ1v) is 13.5. The molecule has 2 heterocycles. The number of carbonyl (C=O) groups is 1. The van der Waals surface area contributed by atoms with Crippen LogP contribution in [0.5, 0.6) is 5.06 Å². The van der Waals surface area contributed by atoms with Gasteiger partial charge in [0, 0.05) is 36.7 Å². The Morgan fingerprint density at radius 2 is 1.94 bits per heavy atom. The second-order valence-electron chi connectivity index (χ2n) is 7.26. The smallest absolute Gasteiger partial charge is 0.449 e. The second-order valence-corrected chi connectivity index (χ2v) is 11.8. The highest BCUT2D eigenvalue weighted by molar-refractivity contribution is 7.98. The van der Waals surface area contributed by atoms with E-state index < -0.39 is 16.2 Å². The molecule has 11 heteroatoms. The number of rotatable bonds is 5. The molecule has 1 aliphatic heterocycles. The topological polar surface area (TPSA) is 92.7 Å².